The van der Waals surface area contributed by atoms with Crippen LogP contribution in [0.5, 0.6) is 0 Å². The average Bonchev–Trinajstić information content (AvgIpc) is 2.24. The zero-order valence-electron chi connectivity index (χ0n) is 10.2. The van der Waals surface area contributed by atoms with E-state index in [4.69, 9.17) is 0 Å². The molecule has 0 bridgehead atoms. The summed E-state index contributed by atoms with van der Waals surface area (Å²) in [5, 5.41) is 6.84. The van der Waals surface area contributed by atoms with Crippen LogP contribution in [0.25, 0.3) is 0 Å². The Hall–Kier alpha value is -1.27. The number of hydrogen-bond acceptors (Lipinski definition) is 2. The molecule has 1 atom stereocenters. The van der Waals surface area contributed by atoms with Crippen molar-refractivity contribution in [2.75, 3.05) is 13.6 Å². The molecule has 0 fully saturated rings. The van der Waals surface area contributed by atoms with Gasteiger partial charge in [-0.1, -0.05) is 13.3 Å². The second-order valence-electron chi connectivity index (χ2n) is 3.70. The van der Waals surface area contributed by atoms with E-state index in [9.17, 15) is 18.0 Å². The number of hydrogen-bond donors (Lipinski definition) is 1. The first kappa shape index (κ1) is 15.7. The lowest BCUT2D eigenvalue weighted by Crippen LogP contribution is -2.35. The van der Waals surface area contributed by atoms with E-state index >= 15 is 0 Å². The van der Waals surface area contributed by atoms with Gasteiger partial charge in [0.1, 0.15) is 0 Å². The van der Waals surface area contributed by atoms with Gasteiger partial charge in [-0.2, -0.15) is 18.3 Å². The minimum Gasteiger partial charge on any atom is -0.337 e. The van der Waals surface area contributed by atoms with Crippen LogP contribution < -0.4 is 5.32 Å². The molecule has 100 valence electrons. The predicted molar refractivity (Wildman–Crippen MR) is 59.8 cm³/mol. The number of alkyl halides is 3. The van der Waals surface area contributed by atoms with Crippen molar-refractivity contribution in [1.82, 2.24) is 10.3 Å². The molecule has 0 aliphatic heterocycles. The summed E-state index contributed by atoms with van der Waals surface area (Å²) in [6.07, 6.45) is -1.87. The van der Waals surface area contributed by atoms with Crippen molar-refractivity contribution in [3.05, 3.63) is 0 Å². The Morgan fingerprint density at radius 1 is 1.53 bits per heavy atom. The summed E-state index contributed by atoms with van der Waals surface area (Å²) in [6, 6.07) is -0.510. The Bertz CT molecular complexity index is 266. The molecule has 17 heavy (non-hydrogen) atoms. The average molecular weight is 253 g/mol. The zero-order valence-corrected chi connectivity index (χ0v) is 10.2. The molecule has 0 rings (SSSR count). The van der Waals surface area contributed by atoms with Crippen LogP contribution in [0.15, 0.2) is 5.10 Å². The van der Waals surface area contributed by atoms with Gasteiger partial charge in [0, 0.05) is 19.8 Å². The summed E-state index contributed by atoms with van der Waals surface area (Å²) >= 11 is 0. The van der Waals surface area contributed by atoms with E-state index in [1.54, 1.807) is 0 Å². The van der Waals surface area contributed by atoms with Gasteiger partial charge in [-0.05, 0) is 13.3 Å². The predicted octanol–water partition coefficient (Wildman–Crippen LogP) is 2.61. The van der Waals surface area contributed by atoms with Gasteiger partial charge >= 0.3 is 12.2 Å². The van der Waals surface area contributed by atoms with Gasteiger partial charge in [-0.25, -0.2) is 9.80 Å². The van der Waals surface area contributed by atoms with Crippen molar-refractivity contribution < 1.29 is 18.0 Å². The Morgan fingerprint density at radius 3 is 2.59 bits per heavy atom. The molecule has 0 aliphatic carbocycles. The summed E-state index contributed by atoms with van der Waals surface area (Å²) in [7, 11) is 1.31. The fourth-order valence-electron chi connectivity index (χ4n) is 0.823. The SMILES string of the molecule is CCCCNC(=O)N(C)/N=C/C(C)C(F)(F)F. The Balaban J connectivity index is 4.11. The minimum atomic E-state index is -4.33. The fourth-order valence-corrected chi connectivity index (χ4v) is 0.823. The van der Waals surface area contributed by atoms with Crippen LogP contribution >= 0.6 is 0 Å². The highest BCUT2D eigenvalue weighted by Gasteiger charge is 2.34. The number of unbranched alkanes of at least 4 members (excludes halogenated alkanes) is 1. The fraction of sp³-hybridized carbons (Fsp3) is 0.800. The van der Waals surface area contributed by atoms with Crippen molar-refractivity contribution in [2.24, 2.45) is 11.0 Å². The number of rotatable bonds is 5. The molecule has 0 aromatic carbocycles. The Morgan fingerprint density at radius 2 is 2.12 bits per heavy atom. The molecular formula is C10H18F3N3O. The lowest BCUT2D eigenvalue weighted by molar-refractivity contribution is -0.149. The third kappa shape index (κ3) is 6.80. The van der Waals surface area contributed by atoms with E-state index in [0.717, 1.165) is 24.8 Å². The molecule has 0 spiro atoms. The van der Waals surface area contributed by atoms with Gasteiger partial charge in [-0.15, -0.1) is 0 Å². The van der Waals surface area contributed by atoms with Crippen LogP contribution in [0.3, 0.4) is 0 Å². The van der Waals surface area contributed by atoms with Crippen molar-refractivity contribution in [3.8, 4) is 0 Å². The van der Waals surface area contributed by atoms with E-state index in [0.29, 0.717) is 12.8 Å². The summed E-state index contributed by atoms with van der Waals surface area (Å²) in [6.45, 7) is 3.44. The van der Waals surface area contributed by atoms with Crippen LogP contribution in [-0.2, 0) is 0 Å². The summed E-state index contributed by atoms with van der Waals surface area (Å²) in [5.74, 6) is -1.67. The largest absolute Gasteiger partial charge is 0.396 e. The van der Waals surface area contributed by atoms with Crippen molar-refractivity contribution in [1.29, 1.82) is 0 Å². The maximum absolute atomic E-state index is 12.1. The number of halogens is 3. The highest BCUT2D eigenvalue weighted by molar-refractivity contribution is 5.75. The van der Waals surface area contributed by atoms with Crippen molar-refractivity contribution in [3.63, 3.8) is 0 Å². The molecule has 7 heteroatoms. The Kier molecular flexibility index (Phi) is 6.60. The smallest absolute Gasteiger partial charge is 0.337 e. The molecular weight excluding hydrogens is 235 g/mol. The van der Waals surface area contributed by atoms with Crippen LogP contribution in [0, 0.1) is 5.92 Å². The van der Waals surface area contributed by atoms with Gasteiger partial charge in [0.25, 0.3) is 0 Å². The van der Waals surface area contributed by atoms with Crippen LogP contribution in [-0.4, -0.2) is 37.0 Å². The van der Waals surface area contributed by atoms with E-state index in [1.807, 2.05) is 6.92 Å². The molecule has 0 aromatic rings. The standard InChI is InChI=1S/C10H18F3N3O/c1-4-5-6-14-9(17)16(3)15-7-8(2)10(11,12)13/h7-8H,4-6H2,1-3H3,(H,14,17)/b15-7+. The van der Waals surface area contributed by atoms with E-state index in [1.165, 1.54) is 7.05 Å². The summed E-state index contributed by atoms with van der Waals surface area (Å²) < 4.78 is 36.4. The second-order valence-corrected chi connectivity index (χ2v) is 3.70. The third-order valence-corrected chi connectivity index (χ3v) is 2.08. The first-order chi connectivity index (χ1) is 7.79. The van der Waals surface area contributed by atoms with Crippen LogP contribution in [0.4, 0.5) is 18.0 Å². The number of hydrazone groups is 1. The normalized spacial score (nSPS) is 13.8. The zero-order chi connectivity index (χ0) is 13.5. The maximum Gasteiger partial charge on any atom is 0.396 e. The molecule has 4 nitrogen and oxygen atoms in total. The first-order valence-electron chi connectivity index (χ1n) is 5.41. The third-order valence-electron chi connectivity index (χ3n) is 2.08. The minimum absolute atomic E-state index is 0.490. The molecule has 0 saturated carbocycles. The number of nitrogens with zero attached hydrogens (tertiary/aromatic N) is 2. The lowest BCUT2D eigenvalue weighted by atomic mass is 10.2. The second kappa shape index (κ2) is 7.13. The molecule has 0 radical (unpaired) electrons. The summed E-state index contributed by atoms with van der Waals surface area (Å²) in [5.41, 5.74) is 0. The summed E-state index contributed by atoms with van der Waals surface area (Å²) in [4.78, 5) is 11.3. The van der Waals surface area contributed by atoms with E-state index < -0.39 is 18.1 Å². The molecule has 2 amide bonds. The molecule has 0 saturated heterocycles. The van der Waals surface area contributed by atoms with Crippen molar-refractivity contribution >= 4 is 12.2 Å². The lowest BCUT2D eigenvalue weighted by Gasteiger charge is -2.14. The molecule has 0 aliphatic rings. The quantitative estimate of drug-likeness (QED) is 0.457. The number of amides is 2. The van der Waals surface area contributed by atoms with Crippen molar-refractivity contribution in [2.45, 2.75) is 32.9 Å². The van der Waals surface area contributed by atoms with Gasteiger partial charge in [-0.3, -0.25) is 0 Å². The molecule has 0 heterocycles. The molecule has 1 N–H and O–H groups in total. The first-order valence-corrected chi connectivity index (χ1v) is 5.41. The number of carbonyl (C=O) groups is 1. The maximum atomic E-state index is 12.1. The Labute approximate surface area is 98.9 Å². The van der Waals surface area contributed by atoms with E-state index in [2.05, 4.69) is 10.4 Å². The monoisotopic (exact) mass is 253 g/mol. The van der Waals surface area contributed by atoms with Gasteiger partial charge in [0.2, 0.25) is 0 Å². The highest BCUT2D eigenvalue weighted by Crippen LogP contribution is 2.23. The van der Waals surface area contributed by atoms with Gasteiger partial charge < -0.3 is 5.32 Å². The molecule has 0 aromatic heterocycles. The highest BCUT2D eigenvalue weighted by atomic mass is 19.4. The van der Waals surface area contributed by atoms with Gasteiger partial charge in [0.05, 0.1) is 5.92 Å². The van der Waals surface area contributed by atoms with Gasteiger partial charge in [0.15, 0.2) is 0 Å². The van der Waals surface area contributed by atoms with Crippen LogP contribution in [0.1, 0.15) is 26.7 Å². The van der Waals surface area contributed by atoms with Crippen LogP contribution in [0.2, 0.25) is 0 Å². The van der Waals surface area contributed by atoms with E-state index in [-0.39, 0.29) is 0 Å². The topological polar surface area (TPSA) is 44.7 Å². The molecule has 1 unspecified atom stereocenters. The number of urea groups is 1. The number of carbonyl (C=O) groups excluding carboxylic acids is 1. The number of nitrogens with one attached hydrogen (secondary N) is 1.